The molecular formula is C22H34N4O3S. The van der Waals surface area contributed by atoms with E-state index < -0.39 is 17.6 Å². The van der Waals surface area contributed by atoms with Gasteiger partial charge in [-0.3, -0.25) is 19.1 Å². The second-order valence-electron chi connectivity index (χ2n) is 9.62. The van der Waals surface area contributed by atoms with E-state index in [0.29, 0.717) is 25.8 Å². The predicted octanol–water partition coefficient (Wildman–Crippen LogP) is 2.02. The van der Waals surface area contributed by atoms with Gasteiger partial charge in [0.1, 0.15) is 11.6 Å². The minimum Gasteiger partial charge on any atom is -0.339 e. The number of hydrogen-bond acceptors (Lipinski definition) is 5. The number of amides is 3. The van der Waals surface area contributed by atoms with Crippen molar-refractivity contribution >= 4 is 29.7 Å². The summed E-state index contributed by atoms with van der Waals surface area (Å²) in [6.07, 6.45) is 13.0. The number of rotatable bonds is 3. The van der Waals surface area contributed by atoms with E-state index in [4.69, 9.17) is 5.73 Å². The van der Waals surface area contributed by atoms with E-state index in [2.05, 4.69) is 29.1 Å². The average Bonchev–Trinajstić information content (AvgIpc) is 3.56. The van der Waals surface area contributed by atoms with Gasteiger partial charge in [0.25, 0.3) is 5.91 Å². The highest BCUT2D eigenvalue weighted by molar-refractivity contribution is 7.99. The molecule has 0 bridgehead atoms. The van der Waals surface area contributed by atoms with Crippen molar-refractivity contribution in [1.29, 1.82) is 0 Å². The second kappa shape index (κ2) is 8.54. The van der Waals surface area contributed by atoms with Gasteiger partial charge in [0.05, 0.1) is 6.04 Å². The van der Waals surface area contributed by atoms with Crippen LogP contribution in [0.15, 0.2) is 12.2 Å². The SMILES string of the molecule is CC1(SNC(=O)[C@@]23C[C@H]2/C=C\CCCCC[C@H](N)C(=O)N2CCC[C@H]2C(=O)N3)CC1. The van der Waals surface area contributed by atoms with Crippen LogP contribution in [0.25, 0.3) is 0 Å². The number of hydrogen-bond donors (Lipinski definition) is 3. The fraction of sp³-hybridized carbons (Fsp3) is 0.773. The molecule has 4 atom stereocenters. The Kier molecular flexibility index (Phi) is 6.17. The van der Waals surface area contributed by atoms with Gasteiger partial charge in [0, 0.05) is 17.2 Å². The zero-order chi connectivity index (χ0) is 21.4. The number of carbonyl (C=O) groups is 3. The van der Waals surface area contributed by atoms with Crippen LogP contribution in [-0.4, -0.2) is 51.5 Å². The molecule has 4 N–H and O–H groups in total. The number of allylic oxidation sites excluding steroid dienone is 1. The molecule has 30 heavy (non-hydrogen) atoms. The third kappa shape index (κ3) is 4.54. The zero-order valence-corrected chi connectivity index (χ0v) is 18.6. The lowest BCUT2D eigenvalue weighted by atomic mass is 10.1. The first-order valence-electron chi connectivity index (χ1n) is 11.4. The van der Waals surface area contributed by atoms with Crippen molar-refractivity contribution in [2.24, 2.45) is 11.7 Å². The largest absolute Gasteiger partial charge is 0.339 e. The predicted molar refractivity (Wildman–Crippen MR) is 117 cm³/mol. The van der Waals surface area contributed by atoms with E-state index in [-0.39, 0.29) is 28.4 Å². The first-order chi connectivity index (χ1) is 14.3. The molecule has 0 spiro atoms. The molecule has 0 unspecified atom stereocenters. The molecule has 7 nitrogen and oxygen atoms in total. The highest BCUT2D eigenvalue weighted by Crippen LogP contribution is 2.49. The molecule has 4 rings (SSSR count). The fourth-order valence-corrected chi connectivity index (χ4v) is 5.35. The third-order valence-corrected chi connectivity index (χ3v) is 8.21. The van der Waals surface area contributed by atoms with E-state index in [1.807, 2.05) is 0 Å². The summed E-state index contributed by atoms with van der Waals surface area (Å²) in [5.74, 6) is -0.479. The van der Waals surface area contributed by atoms with Crippen molar-refractivity contribution in [2.75, 3.05) is 6.54 Å². The minimum atomic E-state index is -0.897. The summed E-state index contributed by atoms with van der Waals surface area (Å²) in [4.78, 5) is 40.8. The topological polar surface area (TPSA) is 105 Å². The Hall–Kier alpha value is -1.54. The van der Waals surface area contributed by atoms with Crippen LogP contribution in [0.2, 0.25) is 0 Å². The monoisotopic (exact) mass is 434 g/mol. The maximum atomic E-state index is 13.2. The first-order valence-corrected chi connectivity index (χ1v) is 12.2. The summed E-state index contributed by atoms with van der Waals surface area (Å²) >= 11 is 1.47. The smallest absolute Gasteiger partial charge is 0.256 e. The Labute approximate surface area is 183 Å². The molecule has 2 saturated carbocycles. The van der Waals surface area contributed by atoms with Crippen LogP contribution in [0.3, 0.4) is 0 Å². The lowest BCUT2D eigenvalue weighted by Gasteiger charge is -2.28. The van der Waals surface area contributed by atoms with Gasteiger partial charge >= 0.3 is 0 Å². The van der Waals surface area contributed by atoms with Gasteiger partial charge in [0.15, 0.2) is 0 Å². The number of carbonyl (C=O) groups excluding carboxylic acids is 3. The molecule has 0 aromatic heterocycles. The van der Waals surface area contributed by atoms with Crippen LogP contribution >= 0.6 is 11.9 Å². The van der Waals surface area contributed by atoms with Gasteiger partial charge in [-0.1, -0.05) is 25.0 Å². The Morgan fingerprint density at radius 1 is 1.23 bits per heavy atom. The van der Waals surface area contributed by atoms with E-state index >= 15 is 0 Å². The van der Waals surface area contributed by atoms with Crippen molar-refractivity contribution in [3.05, 3.63) is 12.2 Å². The quantitative estimate of drug-likeness (QED) is 0.466. The van der Waals surface area contributed by atoms with E-state index in [1.54, 1.807) is 4.90 Å². The van der Waals surface area contributed by atoms with E-state index in [9.17, 15) is 14.4 Å². The summed E-state index contributed by atoms with van der Waals surface area (Å²) in [5.41, 5.74) is 5.26. The molecule has 4 aliphatic rings. The minimum absolute atomic E-state index is 0.00648. The van der Waals surface area contributed by atoms with Crippen LogP contribution in [0.1, 0.15) is 71.1 Å². The highest BCUT2D eigenvalue weighted by Gasteiger charge is 2.61. The molecule has 8 heteroatoms. The van der Waals surface area contributed by atoms with Crippen molar-refractivity contribution in [3.8, 4) is 0 Å². The van der Waals surface area contributed by atoms with Gasteiger partial charge in [-0.05, 0) is 70.2 Å². The number of nitrogens with zero attached hydrogens (tertiary/aromatic N) is 1. The van der Waals surface area contributed by atoms with Gasteiger partial charge in [-0.15, -0.1) is 0 Å². The first kappa shape index (κ1) is 21.7. The lowest BCUT2D eigenvalue weighted by Crippen LogP contribution is -2.56. The van der Waals surface area contributed by atoms with Gasteiger partial charge in [-0.25, -0.2) is 0 Å². The highest BCUT2D eigenvalue weighted by atomic mass is 32.2. The van der Waals surface area contributed by atoms with Gasteiger partial charge in [-0.2, -0.15) is 0 Å². The fourth-order valence-electron chi connectivity index (χ4n) is 4.53. The van der Waals surface area contributed by atoms with E-state index in [1.165, 1.54) is 11.9 Å². The second-order valence-corrected chi connectivity index (χ2v) is 11.0. The molecular weight excluding hydrogens is 400 g/mol. The van der Waals surface area contributed by atoms with Crippen molar-refractivity contribution in [3.63, 3.8) is 0 Å². The maximum absolute atomic E-state index is 13.2. The van der Waals surface area contributed by atoms with Crippen LogP contribution in [-0.2, 0) is 14.4 Å². The number of nitrogens with one attached hydrogen (secondary N) is 2. The Balaban J connectivity index is 1.51. The summed E-state index contributed by atoms with van der Waals surface area (Å²) in [7, 11) is 0. The molecule has 3 amide bonds. The number of nitrogens with two attached hydrogens (primary N) is 1. The molecule has 3 fully saturated rings. The standard InChI is InChI=1S/C22H34N4O3S/c1-21(11-12-21)30-25-20(29)22-14-15(22)8-5-3-2-4-6-9-16(23)19(28)26-13-7-10-17(26)18(27)24-22/h5,8,15-17H,2-4,6-7,9-14,23H2,1H3,(H,24,27)(H,25,29)/b8-5-/t15-,16+,17+,22-/m1/s1. The van der Waals surface area contributed by atoms with Crippen LogP contribution in [0.4, 0.5) is 0 Å². The maximum Gasteiger partial charge on any atom is 0.256 e. The Bertz CT molecular complexity index is 738. The average molecular weight is 435 g/mol. The van der Waals surface area contributed by atoms with Gasteiger partial charge in [0.2, 0.25) is 11.8 Å². The summed E-state index contributed by atoms with van der Waals surface area (Å²) in [5, 5.41) is 3.05. The van der Waals surface area contributed by atoms with Crippen molar-refractivity contribution in [1.82, 2.24) is 14.9 Å². The molecule has 0 aromatic rings. The molecule has 0 radical (unpaired) electrons. The summed E-state index contributed by atoms with van der Waals surface area (Å²) in [6.45, 7) is 2.70. The molecule has 1 saturated heterocycles. The Morgan fingerprint density at radius 3 is 2.80 bits per heavy atom. The molecule has 0 aromatic carbocycles. The summed E-state index contributed by atoms with van der Waals surface area (Å²) < 4.78 is 3.13. The van der Waals surface area contributed by atoms with Crippen molar-refractivity contribution in [2.45, 2.75) is 93.5 Å². The Morgan fingerprint density at radius 2 is 2.03 bits per heavy atom. The molecule has 2 aliphatic heterocycles. The van der Waals surface area contributed by atoms with Crippen LogP contribution < -0.4 is 15.8 Å². The van der Waals surface area contributed by atoms with Crippen LogP contribution in [0, 0.1) is 5.92 Å². The molecule has 166 valence electrons. The number of fused-ring (bicyclic) bond motifs is 2. The van der Waals surface area contributed by atoms with Crippen molar-refractivity contribution < 1.29 is 14.4 Å². The third-order valence-electron chi connectivity index (χ3n) is 7.02. The molecule has 2 aliphatic carbocycles. The lowest BCUT2D eigenvalue weighted by molar-refractivity contribution is -0.140. The normalized spacial score (nSPS) is 37.1. The van der Waals surface area contributed by atoms with Gasteiger partial charge < -0.3 is 16.0 Å². The van der Waals surface area contributed by atoms with Crippen LogP contribution in [0.5, 0.6) is 0 Å². The zero-order valence-electron chi connectivity index (χ0n) is 17.8. The van der Waals surface area contributed by atoms with E-state index in [0.717, 1.165) is 44.9 Å². The molecule has 2 heterocycles. The summed E-state index contributed by atoms with van der Waals surface area (Å²) in [6, 6.07) is -1.09.